The number of nitriles is 1. The SMILES string of the molecule is COc1ccc([C@@H]2CC[C@@]3(Cc4ccc(C#N)cc4)C(=O)NC[C@H]3[C@H]2c2ccc(CI)cc2)c(CI)c1. The molecule has 1 N–H and O–H groups in total. The van der Waals surface area contributed by atoms with Crippen LogP contribution in [0, 0.1) is 22.7 Å². The minimum Gasteiger partial charge on any atom is -0.497 e. The zero-order valence-electron chi connectivity index (χ0n) is 20.8. The maximum atomic E-state index is 13.6. The van der Waals surface area contributed by atoms with E-state index in [1.807, 2.05) is 24.3 Å². The van der Waals surface area contributed by atoms with Gasteiger partial charge in [-0.15, -0.1) is 0 Å². The molecule has 0 bridgehead atoms. The Labute approximate surface area is 246 Å². The number of carbonyl (C=O) groups excluding carboxylic acids is 1. The third-order valence-corrected chi connectivity index (χ3v) is 10.1. The average Bonchev–Trinajstić information content (AvgIpc) is 3.28. The Kier molecular flexibility index (Phi) is 8.10. The molecule has 5 rings (SSSR count). The molecule has 1 heterocycles. The van der Waals surface area contributed by atoms with E-state index in [1.54, 1.807) is 7.11 Å². The molecule has 4 nitrogen and oxygen atoms in total. The van der Waals surface area contributed by atoms with Crippen LogP contribution in [0.3, 0.4) is 0 Å². The van der Waals surface area contributed by atoms with Crippen molar-refractivity contribution in [3.05, 3.63) is 100 Å². The van der Waals surface area contributed by atoms with Crippen LogP contribution >= 0.6 is 45.2 Å². The van der Waals surface area contributed by atoms with Crippen molar-refractivity contribution in [3.8, 4) is 11.8 Å². The Morgan fingerprint density at radius 3 is 2.41 bits per heavy atom. The van der Waals surface area contributed by atoms with Crippen LogP contribution in [0.1, 0.15) is 58.1 Å². The highest BCUT2D eigenvalue weighted by molar-refractivity contribution is 14.1. The lowest BCUT2D eigenvalue weighted by Gasteiger charge is -2.47. The molecule has 37 heavy (non-hydrogen) atoms. The summed E-state index contributed by atoms with van der Waals surface area (Å²) < 4.78 is 7.44. The van der Waals surface area contributed by atoms with Crippen molar-refractivity contribution in [2.75, 3.05) is 13.7 Å². The van der Waals surface area contributed by atoms with E-state index in [2.05, 4.69) is 99.0 Å². The van der Waals surface area contributed by atoms with Crippen LogP contribution in [0.2, 0.25) is 0 Å². The monoisotopic (exact) mass is 716 g/mol. The number of alkyl halides is 2. The summed E-state index contributed by atoms with van der Waals surface area (Å²) in [6.07, 6.45) is 2.50. The van der Waals surface area contributed by atoms with Crippen LogP contribution in [0.5, 0.6) is 5.75 Å². The molecule has 3 aromatic carbocycles. The molecule has 1 saturated heterocycles. The van der Waals surface area contributed by atoms with Gasteiger partial charge in [0.05, 0.1) is 24.2 Å². The molecule has 0 spiro atoms. The Hall–Kier alpha value is -2.12. The molecule has 0 unspecified atom stereocenters. The van der Waals surface area contributed by atoms with Gasteiger partial charge in [0.1, 0.15) is 5.75 Å². The third-order valence-electron chi connectivity index (χ3n) is 8.43. The van der Waals surface area contributed by atoms with Gasteiger partial charge >= 0.3 is 0 Å². The van der Waals surface area contributed by atoms with E-state index in [4.69, 9.17) is 4.74 Å². The molecule has 6 heteroatoms. The molecule has 1 saturated carbocycles. The summed E-state index contributed by atoms with van der Waals surface area (Å²) >= 11 is 4.86. The Morgan fingerprint density at radius 2 is 1.76 bits per heavy atom. The lowest BCUT2D eigenvalue weighted by Crippen LogP contribution is -2.44. The van der Waals surface area contributed by atoms with E-state index in [1.165, 1.54) is 22.3 Å². The van der Waals surface area contributed by atoms with Crippen molar-refractivity contribution in [2.45, 2.75) is 40.0 Å². The molecule has 3 aromatic rings. The number of benzene rings is 3. The number of amides is 1. The van der Waals surface area contributed by atoms with E-state index in [-0.39, 0.29) is 17.7 Å². The van der Waals surface area contributed by atoms with E-state index in [0.717, 1.165) is 33.0 Å². The Morgan fingerprint density at radius 1 is 1.03 bits per heavy atom. The second-order valence-electron chi connectivity index (χ2n) is 10.2. The van der Waals surface area contributed by atoms with Crippen LogP contribution in [-0.2, 0) is 20.1 Å². The fourth-order valence-electron chi connectivity index (χ4n) is 6.58. The first kappa shape index (κ1) is 26.5. The van der Waals surface area contributed by atoms with Gasteiger partial charge in [-0.25, -0.2) is 0 Å². The first-order chi connectivity index (χ1) is 18.0. The Bertz CT molecular complexity index is 1320. The van der Waals surface area contributed by atoms with Crippen molar-refractivity contribution < 1.29 is 9.53 Å². The maximum Gasteiger partial charge on any atom is 0.226 e. The highest BCUT2D eigenvalue weighted by Crippen LogP contribution is 2.58. The van der Waals surface area contributed by atoms with E-state index in [9.17, 15) is 10.1 Å². The molecule has 1 amide bonds. The number of nitrogens with one attached hydrogen (secondary N) is 1. The second-order valence-corrected chi connectivity index (χ2v) is 11.7. The standard InChI is InChI=1S/C31H30I2N2O2/c1-37-25-10-11-26(24(14-25)17-33)27-12-13-31(15-20-2-4-22(18-34)5-3-20)28(19-35-30(31)36)29(27)23-8-6-21(16-32)7-9-23/h2-11,14,27-29H,12-13,15-17,19H2,1H3,(H,35,36)/t27-,28-,29-,31-/m0/s1. The molecule has 2 fully saturated rings. The van der Waals surface area contributed by atoms with E-state index in [0.29, 0.717) is 24.4 Å². The number of hydrogen-bond donors (Lipinski definition) is 1. The van der Waals surface area contributed by atoms with Gasteiger partial charge in [0.2, 0.25) is 5.91 Å². The average molecular weight is 716 g/mol. The molecule has 190 valence electrons. The summed E-state index contributed by atoms with van der Waals surface area (Å²) in [6.45, 7) is 0.694. The first-order valence-electron chi connectivity index (χ1n) is 12.7. The van der Waals surface area contributed by atoms with Gasteiger partial charge in [0, 0.05) is 15.4 Å². The van der Waals surface area contributed by atoms with Crippen LogP contribution in [-0.4, -0.2) is 19.6 Å². The second kappa shape index (κ2) is 11.3. The zero-order valence-corrected chi connectivity index (χ0v) is 25.2. The largest absolute Gasteiger partial charge is 0.497 e. The molecule has 0 aromatic heterocycles. The van der Waals surface area contributed by atoms with Gasteiger partial charge in [-0.3, -0.25) is 4.79 Å². The summed E-state index contributed by atoms with van der Waals surface area (Å²) in [5, 5.41) is 12.5. The summed E-state index contributed by atoms with van der Waals surface area (Å²) in [4.78, 5) is 13.6. The lowest BCUT2D eigenvalue weighted by atomic mass is 9.54. The summed E-state index contributed by atoms with van der Waals surface area (Å²) in [6, 6.07) is 25.5. The minimum atomic E-state index is -0.450. The third kappa shape index (κ3) is 5.01. The predicted octanol–water partition coefficient (Wildman–Crippen LogP) is 7.07. The van der Waals surface area contributed by atoms with Gasteiger partial charge < -0.3 is 10.1 Å². The normalized spacial score (nSPS) is 24.7. The van der Waals surface area contributed by atoms with Crippen molar-refractivity contribution in [1.82, 2.24) is 5.32 Å². The highest BCUT2D eigenvalue weighted by Gasteiger charge is 2.57. The van der Waals surface area contributed by atoms with Gasteiger partial charge in [-0.2, -0.15) is 5.26 Å². The van der Waals surface area contributed by atoms with Crippen LogP contribution in [0.15, 0.2) is 66.7 Å². The molecule has 0 radical (unpaired) electrons. The number of rotatable bonds is 7. The molecule has 1 aliphatic heterocycles. The Balaban J connectivity index is 1.59. The van der Waals surface area contributed by atoms with Gasteiger partial charge in [0.25, 0.3) is 0 Å². The van der Waals surface area contributed by atoms with Crippen LogP contribution in [0.4, 0.5) is 0 Å². The zero-order chi connectivity index (χ0) is 26.0. The quantitative estimate of drug-likeness (QED) is 0.210. The molecular weight excluding hydrogens is 686 g/mol. The van der Waals surface area contributed by atoms with Crippen molar-refractivity contribution in [2.24, 2.45) is 11.3 Å². The maximum absolute atomic E-state index is 13.6. The summed E-state index contributed by atoms with van der Waals surface area (Å²) in [5.41, 5.74) is 6.65. The molecule has 2 aliphatic rings. The fourth-order valence-corrected chi connectivity index (χ4v) is 7.74. The van der Waals surface area contributed by atoms with E-state index >= 15 is 0 Å². The van der Waals surface area contributed by atoms with Gasteiger partial charge in [0.15, 0.2) is 0 Å². The summed E-state index contributed by atoms with van der Waals surface area (Å²) in [7, 11) is 1.72. The molecule has 4 atom stereocenters. The van der Waals surface area contributed by atoms with Crippen LogP contribution in [0.25, 0.3) is 0 Å². The number of methoxy groups -OCH3 is 1. The minimum absolute atomic E-state index is 0.179. The van der Waals surface area contributed by atoms with Gasteiger partial charge in [-0.1, -0.05) is 87.6 Å². The van der Waals surface area contributed by atoms with E-state index < -0.39 is 5.41 Å². The van der Waals surface area contributed by atoms with Crippen molar-refractivity contribution >= 4 is 51.1 Å². The highest BCUT2D eigenvalue weighted by atomic mass is 127. The number of carbonyl (C=O) groups is 1. The first-order valence-corrected chi connectivity index (χ1v) is 15.7. The lowest BCUT2D eigenvalue weighted by molar-refractivity contribution is -0.131. The smallest absolute Gasteiger partial charge is 0.226 e. The number of ether oxygens (including phenoxy) is 1. The number of hydrogen-bond acceptors (Lipinski definition) is 3. The molecular formula is C31H30I2N2O2. The predicted molar refractivity (Wildman–Crippen MR) is 163 cm³/mol. The number of fused-ring (bicyclic) bond motifs is 1. The number of nitrogens with zero attached hydrogens (tertiary/aromatic N) is 1. The van der Waals surface area contributed by atoms with Gasteiger partial charge in [-0.05, 0) is 89.1 Å². The van der Waals surface area contributed by atoms with Crippen molar-refractivity contribution in [1.29, 1.82) is 5.26 Å². The number of halogens is 2. The van der Waals surface area contributed by atoms with Crippen molar-refractivity contribution in [3.63, 3.8) is 0 Å². The fraction of sp³-hybridized carbons (Fsp3) is 0.355. The molecule has 1 aliphatic carbocycles. The summed E-state index contributed by atoms with van der Waals surface area (Å²) in [5.74, 6) is 1.81. The van der Waals surface area contributed by atoms with Crippen LogP contribution < -0.4 is 10.1 Å². The topological polar surface area (TPSA) is 62.1 Å².